The molecule has 0 aromatic carbocycles. The van der Waals surface area contributed by atoms with Crippen LogP contribution in [0.5, 0.6) is 0 Å². The summed E-state index contributed by atoms with van der Waals surface area (Å²) in [4.78, 5) is 8.50. The molecule has 1 aromatic heterocycles. The molecule has 1 heterocycles. The lowest BCUT2D eigenvalue weighted by molar-refractivity contribution is 0.758. The summed E-state index contributed by atoms with van der Waals surface area (Å²) in [5, 5.41) is 6.36. The van der Waals surface area contributed by atoms with Crippen LogP contribution < -0.4 is 10.6 Å². The molecule has 2 rings (SSSR count). The Labute approximate surface area is 77.8 Å². The van der Waals surface area contributed by atoms with Gasteiger partial charge in [0.25, 0.3) is 0 Å². The first-order valence-electron chi connectivity index (χ1n) is 4.61. The van der Waals surface area contributed by atoms with E-state index >= 15 is 0 Å². The second-order valence-electron chi connectivity index (χ2n) is 3.31. The highest BCUT2D eigenvalue weighted by Gasteiger charge is 2.21. The third kappa shape index (κ3) is 2.39. The zero-order valence-electron chi connectivity index (χ0n) is 7.75. The van der Waals surface area contributed by atoms with E-state index in [1.165, 1.54) is 12.8 Å². The van der Waals surface area contributed by atoms with Gasteiger partial charge in [0, 0.05) is 12.2 Å². The molecule has 4 heteroatoms. The van der Waals surface area contributed by atoms with Crippen molar-refractivity contribution in [3.63, 3.8) is 0 Å². The summed E-state index contributed by atoms with van der Waals surface area (Å²) in [7, 11) is 1.89. The topological polar surface area (TPSA) is 49.8 Å². The van der Waals surface area contributed by atoms with Crippen LogP contribution in [0.1, 0.15) is 18.7 Å². The lowest BCUT2D eigenvalue weighted by Crippen LogP contribution is -2.11. The van der Waals surface area contributed by atoms with Crippen LogP contribution in [0.15, 0.2) is 12.3 Å². The Kier molecular flexibility index (Phi) is 2.40. The van der Waals surface area contributed by atoms with E-state index in [0.29, 0.717) is 6.04 Å². The quantitative estimate of drug-likeness (QED) is 0.715. The largest absolute Gasteiger partial charge is 0.367 e. The van der Waals surface area contributed by atoms with Gasteiger partial charge in [-0.3, -0.25) is 0 Å². The third-order valence-electron chi connectivity index (χ3n) is 1.97. The molecule has 1 saturated carbocycles. The van der Waals surface area contributed by atoms with Gasteiger partial charge in [0.15, 0.2) is 0 Å². The van der Waals surface area contributed by atoms with Gasteiger partial charge in [0.1, 0.15) is 11.6 Å². The summed E-state index contributed by atoms with van der Waals surface area (Å²) in [5.74, 6) is 1.79. The van der Waals surface area contributed by atoms with Crippen LogP contribution in [0.4, 0.5) is 5.82 Å². The molecule has 1 aliphatic carbocycles. The minimum Gasteiger partial charge on any atom is -0.367 e. The summed E-state index contributed by atoms with van der Waals surface area (Å²) in [6.45, 7) is 0.722. The zero-order valence-corrected chi connectivity index (χ0v) is 7.75. The Balaban J connectivity index is 2.02. The van der Waals surface area contributed by atoms with E-state index in [4.69, 9.17) is 0 Å². The van der Waals surface area contributed by atoms with Gasteiger partial charge in [-0.1, -0.05) is 0 Å². The van der Waals surface area contributed by atoms with Crippen LogP contribution in [-0.4, -0.2) is 23.1 Å². The van der Waals surface area contributed by atoms with Crippen molar-refractivity contribution in [1.82, 2.24) is 15.3 Å². The van der Waals surface area contributed by atoms with Gasteiger partial charge >= 0.3 is 0 Å². The average Bonchev–Trinajstić information content (AvgIpc) is 2.90. The molecule has 13 heavy (non-hydrogen) atoms. The van der Waals surface area contributed by atoms with E-state index in [2.05, 4.69) is 20.6 Å². The van der Waals surface area contributed by atoms with Gasteiger partial charge in [-0.15, -0.1) is 0 Å². The molecule has 0 aliphatic heterocycles. The number of aromatic nitrogens is 2. The molecule has 4 nitrogen and oxygen atoms in total. The number of nitrogens with one attached hydrogen (secondary N) is 2. The minimum absolute atomic E-state index is 0.650. The van der Waals surface area contributed by atoms with E-state index in [1.54, 1.807) is 6.20 Å². The fourth-order valence-electron chi connectivity index (χ4n) is 1.16. The monoisotopic (exact) mass is 178 g/mol. The van der Waals surface area contributed by atoms with Gasteiger partial charge in [0.2, 0.25) is 0 Å². The lowest BCUT2D eigenvalue weighted by Gasteiger charge is -2.04. The molecule has 0 atom stereocenters. The van der Waals surface area contributed by atoms with E-state index in [-0.39, 0.29) is 0 Å². The Morgan fingerprint density at radius 3 is 3.08 bits per heavy atom. The average molecular weight is 178 g/mol. The number of nitrogens with zero attached hydrogens (tertiary/aromatic N) is 2. The maximum Gasteiger partial charge on any atom is 0.144 e. The summed E-state index contributed by atoms with van der Waals surface area (Å²) >= 11 is 0. The van der Waals surface area contributed by atoms with Gasteiger partial charge < -0.3 is 10.6 Å². The third-order valence-corrected chi connectivity index (χ3v) is 1.97. The first-order valence-corrected chi connectivity index (χ1v) is 4.61. The molecule has 0 spiro atoms. The molecule has 0 amide bonds. The second kappa shape index (κ2) is 3.70. The van der Waals surface area contributed by atoms with Crippen molar-refractivity contribution in [2.24, 2.45) is 0 Å². The van der Waals surface area contributed by atoms with Gasteiger partial charge in [-0.05, 0) is 26.0 Å². The van der Waals surface area contributed by atoms with Crippen molar-refractivity contribution in [3.8, 4) is 0 Å². The zero-order chi connectivity index (χ0) is 9.10. The molecular formula is C9H14N4. The summed E-state index contributed by atoms with van der Waals surface area (Å²) in [5.41, 5.74) is 0. The Morgan fingerprint density at radius 2 is 2.38 bits per heavy atom. The van der Waals surface area contributed by atoms with Crippen molar-refractivity contribution < 1.29 is 0 Å². The number of anilines is 1. The first-order chi connectivity index (χ1) is 6.38. The first kappa shape index (κ1) is 8.44. The number of rotatable bonds is 4. The van der Waals surface area contributed by atoms with Crippen molar-refractivity contribution in [1.29, 1.82) is 0 Å². The molecule has 0 radical (unpaired) electrons. The maximum atomic E-state index is 4.36. The Morgan fingerprint density at radius 1 is 1.54 bits per heavy atom. The van der Waals surface area contributed by atoms with Crippen LogP contribution >= 0.6 is 0 Å². The fourth-order valence-corrected chi connectivity index (χ4v) is 1.16. The summed E-state index contributed by atoms with van der Waals surface area (Å²) in [6.07, 6.45) is 4.33. The molecule has 70 valence electrons. The highest BCUT2D eigenvalue weighted by Crippen LogP contribution is 2.23. The molecule has 1 fully saturated rings. The standard InChI is InChI=1S/C9H14N4/c1-10-6-9-11-5-4-8(13-9)12-7-2-3-7/h4-5,7,10H,2-3,6H2,1H3,(H,11,12,13). The van der Waals surface area contributed by atoms with Gasteiger partial charge in [-0.25, -0.2) is 9.97 Å². The van der Waals surface area contributed by atoms with Gasteiger partial charge in [0.05, 0.1) is 6.54 Å². The van der Waals surface area contributed by atoms with E-state index in [1.807, 2.05) is 13.1 Å². The van der Waals surface area contributed by atoms with E-state index in [9.17, 15) is 0 Å². The maximum absolute atomic E-state index is 4.36. The normalized spacial score (nSPS) is 15.8. The number of hydrogen-bond donors (Lipinski definition) is 2. The number of hydrogen-bond acceptors (Lipinski definition) is 4. The molecule has 1 aromatic rings. The molecule has 0 bridgehead atoms. The Hall–Kier alpha value is -1.16. The SMILES string of the molecule is CNCc1nccc(NC2CC2)n1. The molecule has 1 aliphatic rings. The molecule has 0 unspecified atom stereocenters. The Bertz CT molecular complexity index is 283. The van der Waals surface area contributed by atoms with Crippen LogP contribution in [0, 0.1) is 0 Å². The molecular weight excluding hydrogens is 164 g/mol. The van der Waals surface area contributed by atoms with Crippen LogP contribution in [0.25, 0.3) is 0 Å². The predicted octanol–water partition coefficient (Wildman–Crippen LogP) is 0.770. The van der Waals surface area contributed by atoms with Crippen molar-refractivity contribution in [2.75, 3.05) is 12.4 Å². The van der Waals surface area contributed by atoms with Crippen molar-refractivity contribution in [3.05, 3.63) is 18.1 Å². The lowest BCUT2D eigenvalue weighted by atomic mass is 10.5. The minimum atomic E-state index is 0.650. The fraction of sp³-hybridized carbons (Fsp3) is 0.556. The summed E-state index contributed by atoms with van der Waals surface area (Å²) < 4.78 is 0. The highest BCUT2D eigenvalue weighted by atomic mass is 15.1. The smallest absolute Gasteiger partial charge is 0.144 e. The van der Waals surface area contributed by atoms with E-state index < -0.39 is 0 Å². The highest BCUT2D eigenvalue weighted by molar-refractivity contribution is 5.35. The van der Waals surface area contributed by atoms with Crippen LogP contribution in [0.3, 0.4) is 0 Å². The second-order valence-corrected chi connectivity index (χ2v) is 3.31. The van der Waals surface area contributed by atoms with Crippen molar-refractivity contribution in [2.45, 2.75) is 25.4 Å². The van der Waals surface area contributed by atoms with Crippen LogP contribution in [0.2, 0.25) is 0 Å². The predicted molar refractivity (Wildman–Crippen MR) is 51.4 cm³/mol. The molecule has 2 N–H and O–H groups in total. The van der Waals surface area contributed by atoms with Crippen LogP contribution in [-0.2, 0) is 6.54 Å². The van der Waals surface area contributed by atoms with Crippen molar-refractivity contribution >= 4 is 5.82 Å². The molecule has 0 saturated heterocycles. The van der Waals surface area contributed by atoms with E-state index in [0.717, 1.165) is 18.2 Å². The van der Waals surface area contributed by atoms with Gasteiger partial charge in [-0.2, -0.15) is 0 Å². The summed E-state index contributed by atoms with van der Waals surface area (Å²) in [6, 6.07) is 2.56.